The van der Waals surface area contributed by atoms with E-state index in [1.54, 1.807) is 19.4 Å². The Morgan fingerprint density at radius 1 is 1.65 bits per heavy atom. The zero-order valence-corrected chi connectivity index (χ0v) is 9.95. The Hall–Kier alpha value is -1.04. The highest BCUT2D eigenvalue weighted by Gasteiger charge is 2.39. The number of nitrogens with one attached hydrogen (secondary N) is 1. The van der Waals surface area contributed by atoms with Gasteiger partial charge in [-0.3, -0.25) is 16.3 Å². The summed E-state index contributed by atoms with van der Waals surface area (Å²) in [6, 6.07) is 1.42. The molecule has 0 aliphatic heterocycles. The summed E-state index contributed by atoms with van der Waals surface area (Å²) >= 11 is 0. The lowest BCUT2D eigenvalue weighted by Gasteiger charge is -2.42. The van der Waals surface area contributed by atoms with Crippen LogP contribution < -0.4 is 11.3 Å². The maximum Gasteiger partial charge on any atom is 0.146 e. The summed E-state index contributed by atoms with van der Waals surface area (Å²) in [5, 5.41) is 0. The fourth-order valence-electron chi connectivity index (χ4n) is 2.36. The molecule has 1 aliphatic rings. The van der Waals surface area contributed by atoms with E-state index >= 15 is 0 Å². The van der Waals surface area contributed by atoms with E-state index in [0.29, 0.717) is 12.0 Å². The average Bonchev–Trinajstić information content (AvgIpc) is 2.30. The number of pyridine rings is 1. The molecule has 1 unspecified atom stereocenters. The maximum atomic E-state index is 13.6. The average molecular weight is 239 g/mol. The van der Waals surface area contributed by atoms with Crippen LogP contribution >= 0.6 is 0 Å². The molecule has 1 aromatic heterocycles. The van der Waals surface area contributed by atoms with Gasteiger partial charge < -0.3 is 4.74 Å². The van der Waals surface area contributed by atoms with E-state index in [4.69, 9.17) is 10.6 Å². The van der Waals surface area contributed by atoms with Gasteiger partial charge in [-0.15, -0.1) is 0 Å². The van der Waals surface area contributed by atoms with Crippen molar-refractivity contribution in [1.29, 1.82) is 0 Å². The van der Waals surface area contributed by atoms with E-state index in [1.807, 2.05) is 0 Å². The standard InChI is InChI=1S/C12H18FN3O/c1-17-12(4-2-5-12)7-11(16-14)9-3-6-15-8-10(9)13/h3,6,8,11,16H,2,4-5,7,14H2,1H3. The number of hydrogen-bond donors (Lipinski definition) is 2. The number of rotatable bonds is 5. The number of aromatic nitrogens is 1. The van der Waals surface area contributed by atoms with Crippen LogP contribution in [0.4, 0.5) is 4.39 Å². The van der Waals surface area contributed by atoms with E-state index in [9.17, 15) is 4.39 Å². The first kappa shape index (κ1) is 12.4. The molecule has 0 bridgehead atoms. The molecule has 1 heterocycles. The number of nitrogens with two attached hydrogens (primary N) is 1. The molecule has 0 amide bonds. The largest absolute Gasteiger partial charge is 0.378 e. The second-order valence-corrected chi connectivity index (χ2v) is 4.56. The van der Waals surface area contributed by atoms with Gasteiger partial charge in [-0.1, -0.05) is 0 Å². The minimum atomic E-state index is -0.332. The molecule has 0 radical (unpaired) electrons. The Morgan fingerprint density at radius 2 is 2.41 bits per heavy atom. The summed E-state index contributed by atoms with van der Waals surface area (Å²) in [5.74, 6) is 5.19. The quantitative estimate of drug-likeness (QED) is 0.606. The van der Waals surface area contributed by atoms with E-state index in [0.717, 1.165) is 19.3 Å². The van der Waals surface area contributed by atoms with E-state index in [1.165, 1.54) is 6.20 Å². The second-order valence-electron chi connectivity index (χ2n) is 4.56. The second kappa shape index (κ2) is 5.08. The first-order valence-corrected chi connectivity index (χ1v) is 5.81. The molecule has 0 aromatic carbocycles. The Labute approximate surface area is 100 Å². The fourth-order valence-corrected chi connectivity index (χ4v) is 2.36. The summed E-state index contributed by atoms with van der Waals surface area (Å²) < 4.78 is 19.2. The molecule has 1 atom stereocenters. The van der Waals surface area contributed by atoms with Crippen molar-refractivity contribution in [2.75, 3.05) is 7.11 Å². The molecule has 1 saturated carbocycles. The topological polar surface area (TPSA) is 60.2 Å². The zero-order valence-electron chi connectivity index (χ0n) is 9.95. The predicted octanol–water partition coefficient (Wildman–Crippen LogP) is 1.68. The van der Waals surface area contributed by atoms with Gasteiger partial charge in [0.15, 0.2) is 0 Å². The van der Waals surface area contributed by atoms with Crippen molar-refractivity contribution in [3.63, 3.8) is 0 Å². The Bertz CT molecular complexity index is 376. The normalized spacial score (nSPS) is 19.7. The van der Waals surface area contributed by atoms with Gasteiger partial charge in [0.1, 0.15) is 5.82 Å². The van der Waals surface area contributed by atoms with E-state index in [-0.39, 0.29) is 17.5 Å². The summed E-state index contributed by atoms with van der Waals surface area (Å²) in [6.07, 6.45) is 6.64. The van der Waals surface area contributed by atoms with Gasteiger partial charge in [-0.05, 0) is 31.7 Å². The highest BCUT2D eigenvalue weighted by molar-refractivity contribution is 5.18. The summed E-state index contributed by atoms with van der Waals surface area (Å²) in [7, 11) is 1.70. The van der Waals surface area contributed by atoms with Crippen molar-refractivity contribution in [2.24, 2.45) is 5.84 Å². The summed E-state index contributed by atoms with van der Waals surface area (Å²) in [5.41, 5.74) is 3.07. The first-order chi connectivity index (χ1) is 8.21. The monoisotopic (exact) mass is 239 g/mol. The van der Waals surface area contributed by atoms with E-state index in [2.05, 4.69) is 10.4 Å². The first-order valence-electron chi connectivity index (χ1n) is 5.81. The van der Waals surface area contributed by atoms with Crippen molar-refractivity contribution < 1.29 is 9.13 Å². The molecular formula is C12H18FN3O. The molecule has 17 heavy (non-hydrogen) atoms. The van der Waals surface area contributed by atoms with Crippen LogP contribution in [-0.4, -0.2) is 17.7 Å². The highest BCUT2D eigenvalue weighted by Crippen LogP contribution is 2.41. The molecule has 1 aliphatic carbocycles. The molecule has 1 fully saturated rings. The van der Waals surface area contributed by atoms with Crippen LogP contribution in [0.25, 0.3) is 0 Å². The minimum Gasteiger partial charge on any atom is -0.378 e. The van der Waals surface area contributed by atoms with Gasteiger partial charge in [0.2, 0.25) is 0 Å². The SMILES string of the molecule is COC1(CC(NN)c2ccncc2F)CCC1. The lowest BCUT2D eigenvalue weighted by atomic mass is 9.75. The van der Waals surface area contributed by atoms with Crippen molar-refractivity contribution >= 4 is 0 Å². The molecule has 94 valence electrons. The summed E-state index contributed by atoms with van der Waals surface area (Å²) in [6.45, 7) is 0. The number of hydrogen-bond acceptors (Lipinski definition) is 4. The molecular weight excluding hydrogens is 221 g/mol. The smallest absolute Gasteiger partial charge is 0.146 e. The highest BCUT2D eigenvalue weighted by atomic mass is 19.1. The van der Waals surface area contributed by atoms with Crippen molar-refractivity contribution in [2.45, 2.75) is 37.3 Å². The molecule has 3 N–H and O–H groups in total. The maximum absolute atomic E-state index is 13.6. The number of nitrogens with zero attached hydrogens (tertiary/aromatic N) is 1. The van der Waals surface area contributed by atoms with Gasteiger partial charge in [0.25, 0.3) is 0 Å². The molecule has 5 heteroatoms. The van der Waals surface area contributed by atoms with Crippen LogP contribution in [0.15, 0.2) is 18.5 Å². The molecule has 0 spiro atoms. The third-order valence-corrected chi connectivity index (χ3v) is 3.65. The third-order valence-electron chi connectivity index (χ3n) is 3.65. The lowest BCUT2D eigenvalue weighted by Crippen LogP contribution is -2.44. The molecule has 0 saturated heterocycles. The minimum absolute atomic E-state index is 0.146. The van der Waals surface area contributed by atoms with Gasteiger partial charge in [-0.25, -0.2) is 4.39 Å². The van der Waals surface area contributed by atoms with Crippen LogP contribution in [0.5, 0.6) is 0 Å². The van der Waals surface area contributed by atoms with Gasteiger partial charge >= 0.3 is 0 Å². The lowest BCUT2D eigenvalue weighted by molar-refractivity contribution is -0.0840. The number of halogens is 1. The van der Waals surface area contributed by atoms with Crippen molar-refractivity contribution in [1.82, 2.24) is 10.4 Å². The van der Waals surface area contributed by atoms with Gasteiger partial charge in [-0.2, -0.15) is 0 Å². The molecule has 2 rings (SSSR count). The molecule has 1 aromatic rings. The molecule has 4 nitrogen and oxygen atoms in total. The van der Waals surface area contributed by atoms with E-state index < -0.39 is 0 Å². The van der Waals surface area contributed by atoms with Crippen molar-refractivity contribution in [3.8, 4) is 0 Å². The Balaban J connectivity index is 2.14. The Kier molecular flexibility index (Phi) is 3.71. The number of methoxy groups -OCH3 is 1. The number of hydrazine groups is 1. The van der Waals surface area contributed by atoms with Crippen LogP contribution in [0.3, 0.4) is 0 Å². The fraction of sp³-hybridized carbons (Fsp3) is 0.583. The number of ether oxygens (including phenoxy) is 1. The van der Waals surface area contributed by atoms with Gasteiger partial charge in [0, 0.05) is 18.9 Å². The predicted molar refractivity (Wildman–Crippen MR) is 62.5 cm³/mol. The van der Waals surface area contributed by atoms with Crippen LogP contribution in [-0.2, 0) is 4.74 Å². The van der Waals surface area contributed by atoms with Gasteiger partial charge in [0.05, 0.1) is 17.8 Å². The Morgan fingerprint density at radius 3 is 2.88 bits per heavy atom. The summed E-state index contributed by atoms with van der Waals surface area (Å²) in [4.78, 5) is 3.74. The van der Waals surface area contributed by atoms with Crippen LogP contribution in [0.2, 0.25) is 0 Å². The zero-order chi connectivity index (χ0) is 12.3. The van der Waals surface area contributed by atoms with Crippen LogP contribution in [0.1, 0.15) is 37.3 Å². The van der Waals surface area contributed by atoms with Crippen LogP contribution in [0, 0.1) is 5.82 Å². The van der Waals surface area contributed by atoms with Crippen molar-refractivity contribution in [3.05, 3.63) is 29.8 Å². The third kappa shape index (κ3) is 2.46.